The molecule has 0 bridgehead atoms. The van der Waals surface area contributed by atoms with Crippen molar-refractivity contribution in [2.24, 2.45) is 0 Å². The molecule has 6 nitrogen and oxygen atoms in total. The van der Waals surface area contributed by atoms with E-state index in [1.54, 1.807) is 37.3 Å². The Labute approximate surface area is 113 Å². The molecule has 19 heavy (non-hydrogen) atoms. The zero-order chi connectivity index (χ0) is 14.5. The molecule has 0 amide bonds. The SMILES string of the molecule is CCC(OS(C)(=O)=O)OS(=O)(=O)Cc1ccccc1. The van der Waals surface area contributed by atoms with Gasteiger partial charge in [0.05, 0.1) is 6.26 Å². The van der Waals surface area contributed by atoms with Gasteiger partial charge in [0, 0.05) is 0 Å². The van der Waals surface area contributed by atoms with Crippen molar-refractivity contribution in [2.75, 3.05) is 6.26 Å². The first-order valence-electron chi connectivity index (χ1n) is 5.55. The summed E-state index contributed by atoms with van der Waals surface area (Å²) in [5.74, 6) is -0.336. The minimum Gasteiger partial charge on any atom is -0.237 e. The highest BCUT2D eigenvalue weighted by molar-refractivity contribution is 7.86. The molecule has 0 aliphatic rings. The van der Waals surface area contributed by atoms with Crippen molar-refractivity contribution in [3.05, 3.63) is 35.9 Å². The number of benzene rings is 1. The van der Waals surface area contributed by atoms with Crippen LogP contribution >= 0.6 is 0 Å². The second kappa shape index (κ2) is 6.47. The lowest BCUT2D eigenvalue weighted by atomic mass is 10.2. The summed E-state index contributed by atoms with van der Waals surface area (Å²) in [7, 11) is -7.68. The van der Waals surface area contributed by atoms with Crippen molar-refractivity contribution in [3.63, 3.8) is 0 Å². The lowest BCUT2D eigenvalue weighted by Crippen LogP contribution is -2.24. The van der Waals surface area contributed by atoms with Crippen LogP contribution in [0.3, 0.4) is 0 Å². The maximum atomic E-state index is 11.8. The van der Waals surface area contributed by atoms with Gasteiger partial charge in [-0.25, -0.2) is 8.37 Å². The third kappa shape index (κ3) is 6.67. The first kappa shape index (κ1) is 16.1. The van der Waals surface area contributed by atoms with Crippen LogP contribution in [0.5, 0.6) is 0 Å². The first-order valence-corrected chi connectivity index (χ1v) is 8.94. The van der Waals surface area contributed by atoms with Crippen LogP contribution in [0.1, 0.15) is 18.9 Å². The summed E-state index contributed by atoms with van der Waals surface area (Å²) in [4.78, 5) is 0. The molecule has 0 fully saturated rings. The van der Waals surface area contributed by atoms with Gasteiger partial charge in [0.2, 0.25) is 0 Å². The van der Waals surface area contributed by atoms with E-state index in [-0.39, 0.29) is 12.2 Å². The molecule has 108 valence electrons. The molecule has 0 aliphatic heterocycles. The number of rotatable bonds is 7. The lowest BCUT2D eigenvalue weighted by Gasteiger charge is -2.14. The summed E-state index contributed by atoms with van der Waals surface area (Å²) in [6, 6.07) is 8.45. The molecule has 8 heteroatoms. The quantitative estimate of drug-likeness (QED) is 0.556. The fraction of sp³-hybridized carbons (Fsp3) is 0.455. The fourth-order valence-corrected chi connectivity index (χ4v) is 3.11. The van der Waals surface area contributed by atoms with Crippen LogP contribution in [-0.4, -0.2) is 29.4 Å². The zero-order valence-electron chi connectivity index (χ0n) is 10.6. The number of hydrogen-bond donors (Lipinski definition) is 0. The Morgan fingerprint density at radius 3 is 2.11 bits per heavy atom. The molecule has 0 saturated carbocycles. The van der Waals surface area contributed by atoms with Gasteiger partial charge in [-0.15, -0.1) is 0 Å². The van der Waals surface area contributed by atoms with Crippen LogP contribution < -0.4 is 0 Å². The van der Waals surface area contributed by atoms with Crippen molar-refractivity contribution in [2.45, 2.75) is 25.4 Å². The van der Waals surface area contributed by atoms with Gasteiger partial charge in [-0.3, -0.25) is 0 Å². The van der Waals surface area contributed by atoms with E-state index in [1.807, 2.05) is 0 Å². The molecule has 0 spiro atoms. The van der Waals surface area contributed by atoms with Crippen LogP contribution in [0, 0.1) is 0 Å². The third-order valence-corrected chi connectivity index (χ3v) is 3.81. The Hall–Kier alpha value is -0.960. The predicted octanol–water partition coefficient (Wildman–Crippen LogP) is 1.25. The molecule has 1 unspecified atom stereocenters. The Kier molecular flexibility index (Phi) is 5.48. The fourth-order valence-electron chi connectivity index (χ4n) is 1.32. The van der Waals surface area contributed by atoms with Gasteiger partial charge in [0.1, 0.15) is 5.75 Å². The van der Waals surface area contributed by atoms with E-state index in [4.69, 9.17) is 4.18 Å². The van der Waals surface area contributed by atoms with Crippen molar-refractivity contribution in [1.82, 2.24) is 0 Å². The van der Waals surface area contributed by atoms with E-state index in [2.05, 4.69) is 4.18 Å². The Balaban J connectivity index is 2.73. The largest absolute Gasteiger partial charge is 0.274 e. The van der Waals surface area contributed by atoms with E-state index in [0.717, 1.165) is 6.26 Å². The Morgan fingerprint density at radius 1 is 1.05 bits per heavy atom. The van der Waals surface area contributed by atoms with Crippen LogP contribution in [0.25, 0.3) is 0 Å². The van der Waals surface area contributed by atoms with E-state index < -0.39 is 26.5 Å². The van der Waals surface area contributed by atoms with Crippen molar-refractivity contribution >= 4 is 20.2 Å². The summed E-state index contributed by atoms with van der Waals surface area (Å²) >= 11 is 0. The average molecular weight is 308 g/mol. The molecule has 1 aromatic carbocycles. The van der Waals surface area contributed by atoms with Gasteiger partial charge in [-0.1, -0.05) is 37.3 Å². The first-order chi connectivity index (χ1) is 8.72. The molecule has 1 aromatic rings. The summed E-state index contributed by atoms with van der Waals surface area (Å²) in [5, 5.41) is 0. The predicted molar refractivity (Wildman–Crippen MR) is 70.2 cm³/mol. The highest BCUT2D eigenvalue weighted by atomic mass is 32.2. The summed E-state index contributed by atoms with van der Waals surface area (Å²) in [6.07, 6.45) is -0.395. The van der Waals surface area contributed by atoms with Crippen molar-refractivity contribution in [1.29, 1.82) is 0 Å². The van der Waals surface area contributed by atoms with Crippen LogP contribution in [-0.2, 0) is 34.4 Å². The second-order valence-electron chi connectivity index (χ2n) is 3.92. The Bertz CT molecular complexity index is 591. The molecule has 1 rings (SSSR count). The molecule has 0 saturated heterocycles. The van der Waals surface area contributed by atoms with E-state index in [1.165, 1.54) is 0 Å². The monoisotopic (exact) mass is 308 g/mol. The van der Waals surface area contributed by atoms with E-state index in [9.17, 15) is 16.8 Å². The smallest absolute Gasteiger partial charge is 0.237 e. The number of hydrogen-bond acceptors (Lipinski definition) is 6. The molecule has 1 atom stereocenters. The second-order valence-corrected chi connectivity index (χ2v) is 7.12. The maximum absolute atomic E-state index is 11.8. The van der Waals surface area contributed by atoms with Crippen LogP contribution in [0.4, 0.5) is 0 Å². The summed E-state index contributed by atoms with van der Waals surface area (Å²) in [6.45, 7) is 1.56. The standard InChI is InChI=1S/C11H16O6S2/c1-3-11(16-18(2,12)13)17-19(14,15)9-10-7-5-4-6-8-10/h4-8,11H,3,9H2,1-2H3. The van der Waals surface area contributed by atoms with Crippen molar-refractivity contribution in [3.8, 4) is 0 Å². The molecule has 0 N–H and O–H groups in total. The van der Waals surface area contributed by atoms with Gasteiger partial charge in [0.15, 0.2) is 6.29 Å². The highest BCUT2D eigenvalue weighted by Gasteiger charge is 2.22. The topological polar surface area (TPSA) is 86.7 Å². The lowest BCUT2D eigenvalue weighted by molar-refractivity contribution is 0.0154. The van der Waals surface area contributed by atoms with E-state index in [0.29, 0.717) is 5.56 Å². The van der Waals surface area contributed by atoms with Gasteiger partial charge in [0.25, 0.3) is 20.2 Å². The minimum absolute atomic E-state index is 0.0983. The van der Waals surface area contributed by atoms with Crippen molar-refractivity contribution < 1.29 is 25.2 Å². The summed E-state index contributed by atoms with van der Waals surface area (Å²) in [5.41, 5.74) is 0.553. The normalized spacial score (nSPS) is 14.2. The average Bonchev–Trinajstić information content (AvgIpc) is 2.26. The molecule has 0 heterocycles. The van der Waals surface area contributed by atoms with Gasteiger partial charge >= 0.3 is 0 Å². The maximum Gasteiger partial charge on any atom is 0.274 e. The van der Waals surface area contributed by atoms with Gasteiger partial charge in [-0.05, 0) is 12.0 Å². The van der Waals surface area contributed by atoms with Crippen LogP contribution in [0.2, 0.25) is 0 Å². The molecule has 0 aromatic heterocycles. The molecule has 0 radical (unpaired) electrons. The Morgan fingerprint density at radius 2 is 1.63 bits per heavy atom. The molecule has 0 aliphatic carbocycles. The minimum atomic E-state index is -3.91. The van der Waals surface area contributed by atoms with E-state index >= 15 is 0 Å². The van der Waals surface area contributed by atoms with Crippen LogP contribution in [0.15, 0.2) is 30.3 Å². The molecular weight excluding hydrogens is 292 g/mol. The summed E-state index contributed by atoms with van der Waals surface area (Å²) < 4.78 is 54.7. The molecular formula is C11H16O6S2. The zero-order valence-corrected chi connectivity index (χ0v) is 12.3. The van der Waals surface area contributed by atoms with Gasteiger partial charge < -0.3 is 0 Å². The highest BCUT2D eigenvalue weighted by Crippen LogP contribution is 2.13. The third-order valence-electron chi connectivity index (χ3n) is 2.06. The van der Waals surface area contributed by atoms with Gasteiger partial charge in [-0.2, -0.15) is 16.8 Å².